The second kappa shape index (κ2) is 7.38. The van der Waals surface area contributed by atoms with Gasteiger partial charge in [0.05, 0.1) is 5.69 Å². The number of ether oxygens (including phenoxy) is 1. The number of hydrogen-bond acceptors (Lipinski definition) is 5. The summed E-state index contributed by atoms with van der Waals surface area (Å²) in [5, 5.41) is 12.2. The van der Waals surface area contributed by atoms with Gasteiger partial charge in [0.2, 0.25) is 0 Å². The lowest BCUT2D eigenvalue weighted by molar-refractivity contribution is -0.134. The lowest BCUT2D eigenvalue weighted by Gasteiger charge is -2.23. The molecule has 2 aromatic heterocycles. The zero-order chi connectivity index (χ0) is 19.6. The number of H-pyrrole nitrogens is 1. The van der Waals surface area contributed by atoms with E-state index in [4.69, 9.17) is 4.74 Å². The van der Waals surface area contributed by atoms with Crippen LogP contribution in [-0.2, 0) is 11.3 Å². The van der Waals surface area contributed by atoms with E-state index in [2.05, 4.69) is 38.7 Å². The quantitative estimate of drug-likeness (QED) is 0.526. The highest BCUT2D eigenvalue weighted by Gasteiger charge is 2.32. The molecule has 0 aliphatic heterocycles. The zero-order valence-corrected chi connectivity index (χ0v) is 15.7. The molecule has 2 heterocycles. The van der Waals surface area contributed by atoms with Crippen LogP contribution in [0.3, 0.4) is 0 Å². The summed E-state index contributed by atoms with van der Waals surface area (Å²) in [4.78, 5) is 18.0. The number of benzene rings is 2. The first-order valence-corrected chi connectivity index (χ1v) is 9.58. The molecule has 8 heteroatoms. The Morgan fingerprint density at radius 3 is 2.79 bits per heavy atom. The van der Waals surface area contributed by atoms with Gasteiger partial charge in [-0.05, 0) is 76.7 Å². The highest BCUT2D eigenvalue weighted by Crippen LogP contribution is 2.29. The number of aromatic nitrogens is 5. The van der Waals surface area contributed by atoms with E-state index in [9.17, 15) is 4.79 Å². The van der Waals surface area contributed by atoms with Crippen LogP contribution >= 0.6 is 0 Å². The van der Waals surface area contributed by atoms with E-state index in [-0.39, 0.29) is 12.5 Å². The van der Waals surface area contributed by atoms with Gasteiger partial charge in [-0.3, -0.25) is 4.79 Å². The predicted octanol–water partition coefficient (Wildman–Crippen LogP) is 2.71. The van der Waals surface area contributed by atoms with E-state index < -0.39 is 0 Å². The monoisotopic (exact) mass is 388 g/mol. The molecule has 1 fully saturated rings. The van der Waals surface area contributed by atoms with Crippen LogP contribution in [0.4, 0.5) is 0 Å². The van der Waals surface area contributed by atoms with Gasteiger partial charge in [0.25, 0.3) is 5.91 Å². The predicted molar refractivity (Wildman–Crippen MR) is 107 cm³/mol. The number of fused-ring (bicyclic) bond motifs is 1. The maximum absolute atomic E-state index is 12.8. The average Bonchev–Trinajstić information content (AvgIpc) is 3.24. The molecule has 1 N–H and O–H groups in total. The lowest BCUT2D eigenvalue weighted by Crippen LogP contribution is -2.36. The molecule has 1 saturated carbocycles. The molecule has 0 radical (unpaired) electrons. The van der Waals surface area contributed by atoms with Crippen LogP contribution in [-0.4, -0.2) is 48.6 Å². The van der Waals surface area contributed by atoms with E-state index in [1.807, 2.05) is 41.4 Å². The summed E-state index contributed by atoms with van der Waals surface area (Å²) in [6.07, 6.45) is 5.56. The molecule has 5 rings (SSSR count). The van der Waals surface area contributed by atoms with Gasteiger partial charge in [-0.1, -0.05) is 6.07 Å². The molecular formula is C21H20N6O2. The van der Waals surface area contributed by atoms with Crippen molar-refractivity contribution in [3.63, 3.8) is 0 Å². The van der Waals surface area contributed by atoms with Crippen molar-refractivity contribution in [2.24, 2.45) is 0 Å². The van der Waals surface area contributed by atoms with E-state index in [0.717, 1.165) is 35.0 Å². The number of carbonyl (C=O) groups excluding carboxylic acids is 1. The lowest BCUT2D eigenvalue weighted by atomic mass is 10.1. The van der Waals surface area contributed by atoms with Gasteiger partial charge in [-0.25, -0.2) is 4.68 Å². The van der Waals surface area contributed by atoms with Crippen molar-refractivity contribution in [3.8, 4) is 11.4 Å². The molecule has 4 aromatic rings. The minimum absolute atomic E-state index is 0.00576. The molecule has 2 aromatic carbocycles. The van der Waals surface area contributed by atoms with Gasteiger partial charge in [-0.15, -0.1) is 5.10 Å². The minimum atomic E-state index is 0.00576. The van der Waals surface area contributed by atoms with Gasteiger partial charge in [0.15, 0.2) is 6.61 Å². The molecule has 0 spiro atoms. The second-order valence-corrected chi connectivity index (χ2v) is 7.19. The van der Waals surface area contributed by atoms with Crippen LogP contribution in [0.2, 0.25) is 0 Å². The van der Waals surface area contributed by atoms with Crippen molar-refractivity contribution in [3.05, 3.63) is 66.6 Å². The summed E-state index contributed by atoms with van der Waals surface area (Å²) in [7, 11) is 0. The van der Waals surface area contributed by atoms with Gasteiger partial charge in [-0.2, -0.15) is 0 Å². The Bertz CT molecular complexity index is 1120. The summed E-state index contributed by atoms with van der Waals surface area (Å²) in [6.45, 7) is 0.624. The second-order valence-electron chi connectivity index (χ2n) is 7.19. The van der Waals surface area contributed by atoms with Crippen molar-refractivity contribution in [2.45, 2.75) is 25.4 Å². The molecule has 29 heavy (non-hydrogen) atoms. The van der Waals surface area contributed by atoms with Crippen LogP contribution in [0.25, 0.3) is 16.6 Å². The molecule has 1 aliphatic rings. The molecular weight excluding hydrogens is 368 g/mol. The normalized spacial score (nSPS) is 13.5. The fraction of sp³-hybridized carbons (Fsp3) is 0.238. The zero-order valence-electron chi connectivity index (χ0n) is 15.7. The van der Waals surface area contributed by atoms with Crippen LogP contribution in [0.1, 0.15) is 18.4 Å². The largest absolute Gasteiger partial charge is 0.484 e. The Morgan fingerprint density at radius 1 is 1.17 bits per heavy atom. The van der Waals surface area contributed by atoms with E-state index in [0.29, 0.717) is 18.3 Å². The summed E-state index contributed by atoms with van der Waals surface area (Å²) < 4.78 is 7.30. The van der Waals surface area contributed by atoms with E-state index in [1.165, 1.54) is 6.33 Å². The SMILES string of the molecule is O=C(COc1ccc(-n2cnnn2)cc1)N(Cc1ccc2[nH]ccc2c1)C1CC1. The third-order valence-corrected chi connectivity index (χ3v) is 5.09. The van der Waals surface area contributed by atoms with Crippen LogP contribution < -0.4 is 4.74 Å². The van der Waals surface area contributed by atoms with E-state index >= 15 is 0 Å². The van der Waals surface area contributed by atoms with Crippen molar-refractivity contribution < 1.29 is 9.53 Å². The fourth-order valence-corrected chi connectivity index (χ4v) is 3.41. The highest BCUT2D eigenvalue weighted by molar-refractivity contribution is 5.81. The number of amides is 1. The standard InChI is InChI=1S/C21H20N6O2/c28-21(13-29-19-6-4-18(5-7-19)27-14-23-24-25-27)26(17-2-3-17)12-15-1-8-20-16(11-15)9-10-22-20/h1,4-11,14,17,22H,2-3,12-13H2. The van der Waals surface area contributed by atoms with Crippen molar-refractivity contribution >= 4 is 16.8 Å². The molecule has 0 atom stereocenters. The maximum Gasteiger partial charge on any atom is 0.261 e. The Morgan fingerprint density at radius 2 is 2.03 bits per heavy atom. The Balaban J connectivity index is 1.23. The van der Waals surface area contributed by atoms with Crippen molar-refractivity contribution in [1.82, 2.24) is 30.1 Å². The third kappa shape index (κ3) is 3.82. The van der Waals surface area contributed by atoms with Crippen molar-refractivity contribution in [1.29, 1.82) is 0 Å². The molecule has 0 bridgehead atoms. The molecule has 0 saturated heterocycles. The Kier molecular flexibility index (Phi) is 4.44. The Hall–Kier alpha value is -3.68. The van der Waals surface area contributed by atoms with Crippen LogP contribution in [0.15, 0.2) is 61.1 Å². The maximum atomic E-state index is 12.8. The van der Waals surface area contributed by atoms with Gasteiger partial charge in [0.1, 0.15) is 12.1 Å². The highest BCUT2D eigenvalue weighted by atomic mass is 16.5. The van der Waals surface area contributed by atoms with Gasteiger partial charge >= 0.3 is 0 Å². The molecule has 1 amide bonds. The molecule has 8 nitrogen and oxygen atoms in total. The number of hydrogen-bond donors (Lipinski definition) is 1. The van der Waals surface area contributed by atoms with Crippen LogP contribution in [0, 0.1) is 0 Å². The van der Waals surface area contributed by atoms with E-state index in [1.54, 1.807) is 4.68 Å². The summed E-state index contributed by atoms with van der Waals surface area (Å²) in [6, 6.07) is 15.9. The minimum Gasteiger partial charge on any atom is -0.484 e. The first kappa shape index (κ1) is 17.4. The average molecular weight is 388 g/mol. The summed E-state index contributed by atoms with van der Waals surface area (Å²) >= 11 is 0. The first-order valence-electron chi connectivity index (χ1n) is 9.58. The summed E-state index contributed by atoms with van der Waals surface area (Å²) in [5.41, 5.74) is 3.06. The summed E-state index contributed by atoms with van der Waals surface area (Å²) in [5.74, 6) is 0.644. The topological polar surface area (TPSA) is 88.9 Å². The smallest absolute Gasteiger partial charge is 0.261 e. The molecule has 146 valence electrons. The van der Waals surface area contributed by atoms with Gasteiger partial charge < -0.3 is 14.6 Å². The number of aromatic amines is 1. The number of tetrazole rings is 1. The Labute approximate surface area is 167 Å². The van der Waals surface area contributed by atoms with Crippen LogP contribution in [0.5, 0.6) is 5.75 Å². The molecule has 0 unspecified atom stereocenters. The third-order valence-electron chi connectivity index (χ3n) is 5.09. The fourth-order valence-electron chi connectivity index (χ4n) is 3.41. The number of rotatable bonds is 7. The number of carbonyl (C=O) groups is 1. The van der Waals surface area contributed by atoms with Crippen molar-refractivity contribution in [2.75, 3.05) is 6.61 Å². The number of nitrogens with one attached hydrogen (secondary N) is 1. The van der Waals surface area contributed by atoms with Gasteiger partial charge in [0, 0.05) is 24.3 Å². The first-order chi connectivity index (χ1) is 14.3. The molecule has 1 aliphatic carbocycles. The number of nitrogens with zero attached hydrogens (tertiary/aromatic N) is 5.